The van der Waals surface area contributed by atoms with E-state index in [2.05, 4.69) is 10.1 Å². The molecule has 1 aliphatic rings. The standard InChI is InChI=1S/C25H28FN4O8P/c1-16(24(32)35-14-17-8-4-2-5-9-17)29-39(34,38-18-10-6-3-7-11-18)36-15-19-22(31)21(26)23(37-19)30-13-12-20(27)28-25(30)33/h2-13,16,19,21-23,31H,14-15H2,1H3,(H,29,34)(H2,27,28,33)/t16-,19+,21?,22?,23+,39?/m0/s1. The number of alkyl halides is 1. The Morgan fingerprint density at radius 3 is 2.54 bits per heavy atom. The van der Waals surface area contributed by atoms with Crippen molar-refractivity contribution in [3.63, 3.8) is 0 Å². The number of nitrogens with zero attached hydrogens (tertiary/aromatic N) is 2. The first kappa shape index (κ1) is 28.4. The lowest BCUT2D eigenvalue weighted by Crippen LogP contribution is -2.37. The van der Waals surface area contributed by atoms with E-state index in [0.717, 1.165) is 10.1 Å². The van der Waals surface area contributed by atoms with E-state index in [1.165, 1.54) is 31.3 Å². The number of aliphatic hydroxyl groups is 1. The molecule has 0 bridgehead atoms. The molecule has 2 heterocycles. The summed E-state index contributed by atoms with van der Waals surface area (Å²) in [4.78, 5) is 28.2. The molecule has 1 fully saturated rings. The zero-order chi connectivity index (χ0) is 28.0. The molecule has 39 heavy (non-hydrogen) atoms. The molecule has 0 amide bonds. The number of nitrogen functional groups attached to an aromatic ring is 1. The number of aliphatic hydroxyl groups excluding tert-OH is 1. The predicted octanol–water partition coefficient (Wildman–Crippen LogP) is 2.35. The lowest BCUT2D eigenvalue weighted by atomic mass is 10.1. The highest BCUT2D eigenvalue weighted by atomic mass is 31.2. The number of nitrogens with one attached hydrogen (secondary N) is 1. The van der Waals surface area contributed by atoms with Crippen LogP contribution in [0.3, 0.4) is 0 Å². The highest BCUT2D eigenvalue weighted by molar-refractivity contribution is 7.52. The number of halogens is 1. The van der Waals surface area contributed by atoms with E-state index < -0.39 is 56.7 Å². The number of anilines is 1. The number of carbonyl (C=O) groups is 1. The van der Waals surface area contributed by atoms with Gasteiger partial charge in [0.05, 0.1) is 6.61 Å². The van der Waals surface area contributed by atoms with E-state index in [4.69, 9.17) is 24.3 Å². The fourth-order valence-electron chi connectivity index (χ4n) is 3.71. The van der Waals surface area contributed by atoms with Gasteiger partial charge in [-0.3, -0.25) is 13.9 Å². The third-order valence-corrected chi connectivity index (χ3v) is 7.37. The summed E-state index contributed by atoms with van der Waals surface area (Å²) in [6, 6.07) is 17.2. The van der Waals surface area contributed by atoms with Crippen molar-refractivity contribution in [1.29, 1.82) is 0 Å². The Morgan fingerprint density at radius 2 is 1.87 bits per heavy atom. The van der Waals surface area contributed by atoms with Crippen molar-refractivity contribution in [3.05, 3.63) is 89.0 Å². The second-order valence-electron chi connectivity index (χ2n) is 8.68. The fraction of sp³-hybridized carbons (Fsp3) is 0.320. The predicted molar refractivity (Wildman–Crippen MR) is 137 cm³/mol. The maximum absolute atomic E-state index is 14.9. The van der Waals surface area contributed by atoms with Crippen molar-refractivity contribution < 1.29 is 37.4 Å². The Morgan fingerprint density at radius 1 is 1.21 bits per heavy atom. The first-order valence-corrected chi connectivity index (χ1v) is 13.5. The van der Waals surface area contributed by atoms with Crippen LogP contribution in [-0.4, -0.2) is 51.7 Å². The molecule has 0 saturated carbocycles. The van der Waals surface area contributed by atoms with E-state index in [-0.39, 0.29) is 18.2 Å². The maximum Gasteiger partial charge on any atom is 0.459 e. The summed E-state index contributed by atoms with van der Waals surface area (Å²) in [5.74, 6) is -0.631. The normalized spacial score (nSPS) is 23.1. The molecule has 2 aromatic carbocycles. The van der Waals surface area contributed by atoms with Crippen LogP contribution in [0.5, 0.6) is 5.75 Å². The van der Waals surface area contributed by atoms with Crippen LogP contribution in [0, 0.1) is 0 Å². The molecule has 208 valence electrons. The molecule has 6 atom stereocenters. The van der Waals surface area contributed by atoms with Crippen LogP contribution >= 0.6 is 7.75 Å². The zero-order valence-electron chi connectivity index (χ0n) is 20.8. The summed E-state index contributed by atoms with van der Waals surface area (Å²) in [5, 5.41) is 12.9. The van der Waals surface area contributed by atoms with Crippen molar-refractivity contribution in [2.24, 2.45) is 0 Å². The van der Waals surface area contributed by atoms with Crippen LogP contribution < -0.4 is 21.0 Å². The Labute approximate surface area is 223 Å². The maximum atomic E-state index is 14.9. The topological polar surface area (TPSA) is 164 Å². The number of esters is 1. The number of hydrogen-bond donors (Lipinski definition) is 3. The number of hydrogen-bond acceptors (Lipinski definition) is 10. The summed E-state index contributed by atoms with van der Waals surface area (Å²) in [6.45, 7) is 0.794. The van der Waals surface area contributed by atoms with Crippen LogP contribution in [-0.2, 0) is 30.0 Å². The minimum absolute atomic E-state index is 0.00284. The number of nitrogens with two attached hydrogens (primary N) is 1. The Balaban J connectivity index is 1.44. The second kappa shape index (κ2) is 12.5. The number of benzene rings is 2. The van der Waals surface area contributed by atoms with Gasteiger partial charge in [0.1, 0.15) is 36.4 Å². The van der Waals surface area contributed by atoms with Crippen molar-refractivity contribution in [1.82, 2.24) is 14.6 Å². The smallest absolute Gasteiger partial charge is 0.459 e. The number of carbonyl (C=O) groups excluding carboxylic acids is 1. The van der Waals surface area contributed by atoms with Gasteiger partial charge in [0.15, 0.2) is 12.4 Å². The SMILES string of the molecule is C[C@H](NP(=O)(OC[C@H]1O[C@@H](n2ccc(N)nc2=O)C(F)C1O)Oc1ccccc1)C(=O)OCc1ccccc1. The Hall–Kier alpha value is -3.61. The van der Waals surface area contributed by atoms with E-state index >= 15 is 0 Å². The third-order valence-electron chi connectivity index (χ3n) is 5.73. The van der Waals surface area contributed by atoms with E-state index in [1.807, 2.05) is 6.07 Å². The van der Waals surface area contributed by atoms with Crippen LogP contribution in [0.2, 0.25) is 0 Å². The van der Waals surface area contributed by atoms with Gasteiger partial charge in [-0.25, -0.2) is 13.8 Å². The molecule has 3 unspecified atom stereocenters. The third kappa shape index (κ3) is 7.28. The molecular weight excluding hydrogens is 534 g/mol. The van der Waals surface area contributed by atoms with Crippen LogP contribution in [0.25, 0.3) is 0 Å². The molecule has 0 radical (unpaired) electrons. The molecule has 14 heteroatoms. The molecule has 4 rings (SSSR count). The van der Waals surface area contributed by atoms with Crippen LogP contribution in [0.15, 0.2) is 77.7 Å². The van der Waals surface area contributed by atoms with Gasteiger partial charge in [-0.15, -0.1) is 0 Å². The van der Waals surface area contributed by atoms with Gasteiger partial charge in [0, 0.05) is 6.20 Å². The van der Waals surface area contributed by atoms with E-state index in [9.17, 15) is 23.7 Å². The quantitative estimate of drug-likeness (QED) is 0.232. The van der Waals surface area contributed by atoms with E-state index in [1.54, 1.807) is 42.5 Å². The molecule has 4 N–H and O–H groups in total. The number of aromatic nitrogens is 2. The summed E-state index contributed by atoms with van der Waals surface area (Å²) >= 11 is 0. The first-order valence-electron chi connectivity index (χ1n) is 11.9. The van der Waals surface area contributed by atoms with Gasteiger partial charge in [-0.2, -0.15) is 10.1 Å². The average molecular weight is 562 g/mol. The summed E-state index contributed by atoms with van der Waals surface area (Å²) in [6.07, 6.45) is -5.45. The van der Waals surface area contributed by atoms with Crippen LogP contribution in [0.4, 0.5) is 10.2 Å². The molecule has 1 saturated heterocycles. The largest absolute Gasteiger partial charge is 0.460 e. The minimum atomic E-state index is -4.32. The van der Waals surface area contributed by atoms with Gasteiger partial charge in [0.2, 0.25) is 0 Å². The molecule has 0 spiro atoms. The second-order valence-corrected chi connectivity index (χ2v) is 10.4. The number of ether oxygens (including phenoxy) is 2. The number of rotatable bonds is 11. The Bertz CT molecular complexity index is 1360. The lowest BCUT2D eigenvalue weighted by molar-refractivity contribution is -0.146. The molecule has 0 aliphatic carbocycles. The lowest BCUT2D eigenvalue weighted by Gasteiger charge is -2.24. The molecule has 12 nitrogen and oxygen atoms in total. The van der Waals surface area contributed by atoms with Gasteiger partial charge < -0.3 is 24.8 Å². The molecular formula is C25H28FN4O8P. The van der Waals surface area contributed by atoms with Crippen molar-refractivity contribution in [2.75, 3.05) is 12.3 Å². The fourth-order valence-corrected chi connectivity index (χ4v) is 5.21. The van der Waals surface area contributed by atoms with Gasteiger partial charge in [0.25, 0.3) is 0 Å². The van der Waals surface area contributed by atoms with Crippen molar-refractivity contribution >= 4 is 19.5 Å². The summed E-state index contributed by atoms with van der Waals surface area (Å²) < 4.78 is 51.3. The monoisotopic (exact) mass is 562 g/mol. The van der Waals surface area contributed by atoms with Gasteiger partial charge in [-0.05, 0) is 30.7 Å². The molecule has 1 aliphatic heterocycles. The molecule has 1 aromatic heterocycles. The average Bonchev–Trinajstić information content (AvgIpc) is 3.20. The Kier molecular flexibility index (Phi) is 9.10. The van der Waals surface area contributed by atoms with Gasteiger partial charge in [-0.1, -0.05) is 48.5 Å². The van der Waals surface area contributed by atoms with Gasteiger partial charge >= 0.3 is 19.4 Å². The zero-order valence-corrected chi connectivity index (χ0v) is 21.7. The highest BCUT2D eigenvalue weighted by Gasteiger charge is 2.47. The van der Waals surface area contributed by atoms with E-state index in [0.29, 0.717) is 0 Å². The summed E-state index contributed by atoms with van der Waals surface area (Å²) in [5.41, 5.74) is 5.35. The number of para-hydroxylation sites is 1. The van der Waals surface area contributed by atoms with Crippen molar-refractivity contribution in [3.8, 4) is 5.75 Å². The highest BCUT2D eigenvalue weighted by Crippen LogP contribution is 2.46. The van der Waals surface area contributed by atoms with Crippen LogP contribution in [0.1, 0.15) is 18.7 Å². The minimum Gasteiger partial charge on any atom is -0.460 e. The first-order chi connectivity index (χ1) is 18.6. The molecule has 3 aromatic rings. The summed E-state index contributed by atoms with van der Waals surface area (Å²) in [7, 11) is -4.32. The van der Waals surface area contributed by atoms with Crippen molar-refractivity contribution in [2.45, 2.75) is 44.2 Å².